The van der Waals surface area contributed by atoms with Crippen LogP contribution in [0.2, 0.25) is 0 Å². The minimum absolute atomic E-state index is 0.0957. The van der Waals surface area contributed by atoms with Crippen molar-refractivity contribution in [3.8, 4) is 31.0 Å². The van der Waals surface area contributed by atoms with E-state index in [0.29, 0.717) is 0 Å². The molecule has 0 saturated carbocycles. The zero-order chi connectivity index (χ0) is 22.2. The molecule has 0 N–H and O–H groups in total. The molecule has 0 unspecified atom stereocenters. The Kier molecular flexibility index (Phi) is 4.09. The zero-order valence-electron chi connectivity index (χ0n) is 18.5. The summed E-state index contributed by atoms with van der Waals surface area (Å²) in [6.45, 7) is 4.95. The fourth-order valence-corrected chi connectivity index (χ4v) is 8.08. The number of hydrogen-bond acceptors (Lipinski definition) is 3. The molecule has 0 amide bonds. The Balaban J connectivity index is 1.52. The van der Waals surface area contributed by atoms with Crippen LogP contribution >= 0.6 is 22.7 Å². The maximum absolute atomic E-state index is 6.67. The fourth-order valence-electron chi connectivity index (χ4n) is 5.60. The molecule has 2 aliphatic rings. The van der Waals surface area contributed by atoms with Crippen molar-refractivity contribution >= 4 is 45.8 Å². The van der Waals surface area contributed by atoms with E-state index in [1.807, 2.05) is 11.3 Å². The lowest BCUT2D eigenvalue weighted by molar-refractivity contribution is 0.513. The summed E-state index contributed by atoms with van der Waals surface area (Å²) in [4.78, 5) is 2.60. The molecule has 0 bridgehead atoms. The lowest BCUT2D eigenvalue weighted by Crippen LogP contribution is -2.61. The van der Waals surface area contributed by atoms with Gasteiger partial charge in [0.2, 0.25) is 0 Å². The van der Waals surface area contributed by atoms with E-state index in [1.165, 1.54) is 48.4 Å². The van der Waals surface area contributed by atoms with Gasteiger partial charge >= 0.3 is 0 Å². The molecule has 1 nitrogen and oxygen atoms in total. The maximum atomic E-state index is 6.67. The second kappa shape index (κ2) is 6.96. The molecule has 7 rings (SSSR count). The molecule has 0 spiro atoms. The van der Waals surface area contributed by atoms with Crippen molar-refractivity contribution in [1.82, 2.24) is 0 Å². The molecule has 0 fully saturated rings. The third kappa shape index (κ3) is 2.71. The quantitative estimate of drug-likeness (QED) is 0.272. The van der Waals surface area contributed by atoms with Crippen LogP contribution in [0.5, 0.6) is 10.1 Å². The van der Waals surface area contributed by atoms with Crippen molar-refractivity contribution in [2.24, 2.45) is 0 Å². The van der Waals surface area contributed by atoms with Crippen LogP contribution in [0.1, 0.15) is 25.0 Å². The van der Waals surface area contributed by atoms with Gasteiger partial charge in [-0.2, -0.15) is 0 Å². The van der Waals surface area contributed by atoms with Gasteiger partial charge in [0, 0.05) is 15.2 Å². The molecule has 3 aromatic carbocycles. The van der Waals surface area contributed by atoms with Gasteiger partial charge in [-0.05, 0) is 39.2 Å². The smallest absolute Gasteiger partial charge is 0.254 e. The summed E-state index contributed by atoms with van der Waals surface area (Å²) in [6, 6.07) is 32.8. The van der Waals surface area contributed by atoms with Crippen molar-refractivity contribution in [3.63, 3.8) is 0 Å². The normalized spacial score (nSPS) is 14.8. The number of rotatable bonds is 2. The van der Waals surface area contributed by atoms with Crippen molar-refractivity contribution < 1.29 is 4.74 Å². The number of ether oxygens (including phenoxy) is 1. The molecule has 4 heterocycles. The van der Waals surface area contributed by atoms with Crippen LogP contribution in [0.3, 0.4) is 0 Å². The number of hydrogen-bond donors (Lipinski definition) is 0. The van der Waals surface area contributed by atoms with Crippen molar-refractivity contribution in [3.05, 3.63) is 102 Å². The molecule has 158 valence electrons. The Bertz CT molecular complexity index is 1510. The Labute approximate surface area is 202 Å². The van der Waals surface area contributed by atoms with E-state index in [2.05, 4.69) is 105 Å². The summed E-state index contributed by atoms with van der Waals surface area (Å²) >= 11 is 3.57. The summed E-state index contributed by atoms with van der Waals surface area (Å²) < 4.78 is 6.67. The van der Waals surface area contributed by atoms with Crippen LogP contribution in [0.25, 0.3) is 20.9 Å². The lowest BCUT2D eigenvalue weighted by Gasteiger charge is -2.38. The van der Waals surface area contributed by atoms with E-state index in [0.717, 1.165) is 10.1 Å². The molecular weight excluding hydrogens is 439 g/mol. The highest BCUT2D eigenvalue weighted by atomic mass is 32.1. The summed E-state index contributed by atoms with van der Waals surface area (Å²) in [7, 11) is 0. The van der Waals surface area contributed by atoms with Crippen molar-refractivity contribution in [1.29, 1.82) is 0 Å². The first-order chi connectivity index (χ1) is 16.1. The molecule has 0 atom stereocenters. The second-order valence-corrected chi connectivity index (χ2v) is 11.3. The van der Waals surface area contributed by atoms with Gasteiger partial charge in [0.1, 0.15) is 0 Å². The zero-order valence-corrected chi connectivity index (χ0v) is 20.1. The molecule has 2 aliphatic heterocycles. The summed E-state index contributed by atoms with van der Waals surface area (Å²) in [5, 5.41) is 2.10. The molecule has 2 aromatic heterocycles. The lowest BCUT2D eigenvalue weighted by atomic mass is 9.31. The monoisotopic (exact) mass is 460 g/mol. The maximum Gasteiger partial charge on any atom is 0.254 e. The van der Waals surface area contributed by atoms with Crippen LogP contribution in [0.4, 0.5) is 0 Å². The Hall–Kier alpha value is -3.08. The molecule has 4 heteroatoms. The number of fused-ring (bicyclic) bond motifs is 4. The average molecular weight is 460 g/mol. The van der Waals surface area contributed by atoms with Gasteiger partial charge in [0.25, 0.3) is 6.71 Å². The van der Waals surface area contributed by atoms with Crippen LogP contribution in [-0.4, -0.2) is 6.71 Å². The molecule has 0 aliphatic carbocycles. The third-order valence-corrected chi connectivity index (χ3v) is 9.30. The summed E-state index contributed by atoms with van der Waals surface area (Å²) in [6.07, 6.45) is 0. The predicted molar refractivity (Wildman–Crippen MR) is 143 cm³/mol. The molecule has 0 radical (unpaired) electrons. The minimum Gasteiger partial charge on any atom is -0.437 e. The van der Waals surface area contributed by atoms with Crippen LogP contribution < -0.4 is 21.1 Å². The topological polar surface area (TPSA) is 9.23 Å². The third-order valence-electron chi connectivity index (χ3n) is 7.09. The van der Waals surface area contributed by atoms with E-state index >= 15 is 0 Å². The fraction of sp³-hybridized carbons (Fsp3) is 0.103. The van der Waals surface area contributed by atoms with Crippen molar-refractivity contribution in [2.45, 2.75) is 19.3 Å². The van der Waals surface area contributed by atoms with Crippen LogP contribution in [0.15, 0.2) is 91.0 Å². The van der Waals surface area contributed by atoms with Crippen LogP contribution in [0, 0.1) is 0 Å². The Morgan fingerprint density at radius 1 is 0.697 bits per heavy atom. The van der Waals surface area contributed by atoms with Gasteiger partial charge in [-0.15, -0.1) is 0 Å². The number of benzene rings is 3. The van der Waals surface area contributed by atoms with Crippen molar-refractivity contribution in [2.75, 3.05) is 0 Å². The minimum atomic E-state index is -0.0957. The molecular formula is C29H21BOS2. The molecule has 5 aromatic rings. The summed E-state index contributed by atoms with van der Waals surface area (Å²) in [5.41, 5.74) is 9.35. The SMILES string of the molecule is CC1(C)c2ccccc2B2c3cc(-c4ccccc4)sc3Oc3sc(-c4ccccc4)c1c32. The highest BCUT2D eigenvalue weighted by Crippen LogP contribution is 2.49. The predicted octanol–water partition coefficient (Wildman–Crippen LogP) is 6.40. The largest absolute Gasteiger partial charge is 0.437 e. The molecule has 0 saturated heterocycles. The Morgan fingerprint density at radius 3 is 2.12 bits per heavy atom. The first-order valence-electron chi connectivity index (χ1n) is 11.3. The standard InChI is InChI=1S/C29H21BOS2/c1-29(2)20-15-9-10-16-21(20)30-22-17-23(18-11-5-3-6-12-18)32-27(22)31-28-25(30)24(29)26(33-28)19-13-7-4-8-14-19/h3-17H,1-2H3. The first kappa shape index (κ1) is 19.4. The van der Waals surface area contributed by atoms with Gasteiger partial charge in [-0.3, -0.25) is 0 Å². The van der Waals surface area contributed by atoms with Gasteiger partial charge in [0.15, 0.2) is 10.1 Å². The first-order valence-corrected chi connectivity index (χ1v) is 12.9. The highest BCUT2D eigenvalue weighted by Gasteiger charge is 2.48. The van der Waals surface area contributed by atoms with Gasteiger partial charge in [-0.25, -0.2) is 0 Å². The second-order valence-electron chi connectivity index (χ2n) is 9.34. The molecule has 33 heavy (non-hydrogen) atoms. The van der Waals surface area contributed by atoms with E-state index < -0.39 is 0 Å². The van der Waals surface area contributed by atoms with Gasteiger partial charge in [-0.1, -0.05) is 127 Å². The van der Waals surface area contributed by atoms with Gasteiger partial charge < -0.3 is 4.74 Å². The van der Waals surface area contributed by atoms with E-state index in [9.17, 15) is 0 Å². The van der Waals surface area contributed by atoms with E-state index in [1.54, 1.807) is 11.3 Å². The summed E-state index contributed by atoms with van der Waals surface area (Å²) in [5.74, 6) is 0. The number of thiophene rings is 2. The highest BCUT2D eigenvalue weighted by molar-refractivity contribution is 7.23. The Morgan fingerprint density at radius 2 is 1.36 bits per heavy atom. The van der Waals surface area contributed by atoms with Gasteiger partial charge in [0.05, 0.1) is 0 Å². The van der Waals surface area contributed by atoms with E-state index in [-0.39, 0.29) is 12.1 Å². The van der Waals surface area contributed by atoms with E-state index in [4.69, 9.17) is 4.74 Å². The average Bonchev–Trinajstić information content (AvgIpc) is 3.45. The van der Waals surface area contributed by atoms with Crippen LogP contribution in [-0.2, 0) is 5.41 Å².